The molecule has 0 atom stereocenters. The van der Waals surface area contributed by atoms with Crippen LogP contribution in [0, 0.1) is 5.82 Å². The van der Waals surface area contributed by atoms with Gasteiger partial charge in [-0.3, -0.25) is 0 Å². The molecular formula is C14H13BBrFO3. The van der Waals surface area contributed by atoms with Crippen LogP contribution in [0.4, 0.5) is 4.39 Å². The summed E-state index contributed by atoms with van der Waals surface area (Å²) in [4.78, 5) is 0. The van der Waals surface area contributed by atoms with E-state index in [4.69, 9.17) is 14.8 Å². The van der Waals surface area contributed by atoms with Gasteiger partial charge in [0.2, 0.25) is 0 Å². The van der Waals surface area contributed by atoms with Gasteiger partial charge in [0, 0.05) is 10.0 Å². The lowest BCUT2D eigenvalue weighted by Gasteiger charge is -2.08. The maximum absolute atomic E-state index is 13.7. The largest absolute Gasteiger partial charge is 0.488 e. The fraction of sp³-hybridized carbons (Fsp3) is 0.143. The second-order valence-electron chi connectivity index (χ2n) is 4.31. The summed E-state index contributed by atoms with van der Waals surface area (Å²) in [5.41, 5.74) is 1.48. The molecule has 0 bridgehead atoms. The minimum atomic E-state index is -1.67. The van der Waals surface area contributed by atoms with Crippen LogP contribution in [0.5, 0.6) is 0 Å². The Labute approximate surface area is 125 Å². The first-order valence-corrected chi connectivity index (χ1v) is 6.83. The number of benzene rings is 2. The zero-order chi connectivity index (χ0) is 14.5. The van der Waals surface area contributed by atoms with Gasteiger partial charge in [-0.15, -0.1) is 0 Å². The van der Waals surface area contributed by atoms with Crippen LogP contribution in [-0.2, 0) is 18.0 Å². The predicted molar refractivity (Wildman–Crippen MR) is 78.9 cm³/mol. The van der Waals surface area contributed by atoms with Crippen molar-refractivity contribution in [3.63, 3.8) is 0 Å². The van der Waals surface area contributed by atoms with E-state index in [2.05, 4.69) is 15.9 Å². The van der Waals surface area contributed by atoms with Crippen molar-refractivity contribution in [3.05, 3.63) is 63.9 Å². The van der Waals surface area contributed by atoms with Gasteiger partial charge < -0.3 is 14.8 Å². The molecule has 3 nitrogen and oxygen atoms in total. The van der Waals surface area contributed by atoms with E-state index in [0.717, 1.165) is 16.1 Å². The molecule has 0 saturated heterocycles. The van der Waals surface area contributed by atoms with Crippen molar-refractivity contribution in [3.8, 4) is 0 Å². The number of halogens is 2. The number of rotatable bonds is 5. The Balaban J connectivity index is 1.96. The van der Waals surface area contributed by atoms with Crippen LogP contribution >= 0.6 is 15.9 Å². The second-order valence-corrected chi connectivity index (χ2v) is 5.16. The molecule has 0 radical (unpaired) electrons. The van der Waals surface area contributed by atoms with Gasteiger partial charge in [-0.2, -0.15) is 0 Å². The standard InChI is InChI=1S/C14H13BBrFO3/c16-13-4-2-1-3-10(13)8-20-9-11-5-6-12(15(18)19)7-14(11)17/h1-7,18-19H,8-9H2. The van der Waals surface area contributed by atoms with E-state index in [-0.39, 0.29) is 12.1 Å². The third kappa shape index (κ3) is 3.90. The minimum absolute atomic E-state index is 0.120. The average Bonchev–Trinajstić information content (AvgIpc) is 2.42. The van der Waals surface area contributed by atoms with Crippen molar-refractivity contribution in [2.24, 2.45) is 0 Å². The molecule has 0 aliphatic carbocycles. The lowest BCUT2D eigenvalue weighted by molar-refractivity contribution is 0.104. The Hall–Kier alpha value is -1.21. The third-order valence-electron chi connectivity index (χ3n) is 2.85. The molecule has 2 rings (SSSR count). The lowest BCUT2D eigenvalue weighted by atomic mass is 9.80. The molecule has 0 aliphatic rings. The molecule has 0 unspecified atom stereocenters. The van der Waals surface area contributed by atoms with E-state index in [1.165, 1.54) is 12.1 Å². The molecule has 0 heterocycles. The lowest BCUT2D eigenvalue weighted by Crippen LogP contribution is -2.30. The van der Waals surface area contributed by atoms with Crippen molar-refractivity contribution in [1.29, 1.82) is 0 Å². The first kappa shape index (κ1) is 15.2. The van der Waals surface area contributed by atoms with E-state index < -0.39 is 12.9 Å². The summed E-state index contributed by atoms with van der Waals surface area (Å²) in [6.07, 6.45) is 0. The van der Waals surface area contributed by atoms with Crippen LogP contribution < -0.4 is 5.46 Å². The molecule has 0 amide bonds. The summed E-state index contributed by atoms with van der Waals surface area (Å²) in [5.74, 6) is -0.511. The molecular weight excluding hydrogens is 326 g/mol. The number of ether oxygens (including phenoxy) is 1. The zero-order valence-corrected chi connectivity index (χ0v) is 12.2. The fourth-order valence-corrected chi connectivity index (χ4v) is 2.13. The normalized spacial score (nSPS) is 10.6. The van der Waals surface area contributed by atoms with Crippen molar-refractivity contribution >= 4 is 28.5 Å². The predicted octanol–water partition coefficient (Wildman–Crippen LogP) is 1.98. The van der Waals surface area contributed by atoms with Crippen molar-refractivity contribution < 1.29 is 19.2 Å². The molecule has 20 heavy (non-hydrogen) atoms. The zero-order valence-electron chi connectivity index (χ0n) is 10.6. The Morgan fingerprint density at radius 1 is 1.05 bits per heavy atom. The summed E-state index contributed by atoms with van der Waals surface area (Å²) in [5, 5.41) is 17.9. The third-order valence-corrected chi connectivity index (χ3v) is 3.62. The fourth-order valence-electron chi connectivity index (χ4n) is 1.73. The Kier molecular flexibility index (Phi) is 5.31. The first-order valence-electron chi connectivity index (χ1n) is 6.03. The molecule has 0 fully saturated rings. The number of hydrogen-bond donors (Lipinski definition) is 2. The molecule has 104 valence electrons. The topological polar surface area (TPSA) is 49.7 Å². The molecule has 0 aliphatic heterocycles. The van der Waals surface area contributed by atoms with Gasteiger partial charge in [0.25, 0.3) is 0 Å². The van der Waals surface area contributed by atoms with Gasteiger partial charge >= 0.3 is 7.12 Å². The van der Waals surface area contributed by atoms with Crippen LogP contribution in [0.2, 0.25) is 0 Å². The molecule has 2 aromatic carbocycles. The van der Waals surface area contributed by atoms with E-state index in [0.29, 0.717) is 12.2 Å². The van der Waals surface area contributed by atoms with Crippen LogP contribution in [0.15, 0.2) is 46.9 Å². The van der Waals surface area contributed by atoms with Crippen molar-refractivity contribution in [2.75, 3.05) is 0 Å². The van der Waals surface area contributed by atoms with Gasteiger partial charge in [0.1, 0.15) is 5.82 Å². The van der Waals surface area contributed by atoms with Crippen LogP contribution in [0.1, 0.15) is 11.1 Å². The molecule has 0 aromatic heterocycles. The molecule has 0 spiro atoms. The summed E-state index contributed by atoms with van der Waals surface area (Å²) < 4.78 is 20.1. The Morgan fingerprint density at radius 3 is 2.40 bits per heavy atom. The maximum atomic E-state index is 13.7. The summed E-state index contributed by atoms with van der Waals surface area (Å²) in [6, 6.07) is 11.7. The molecule has 6 heteroatoms. The molecule has 2 N–H and O–H groups in total. The average molecular weight is 339 g/mol. The van der Waals surface area contributed by atoms with Gasteiger partial charge in [-0.05, 0) is 23.2 Å². The highest BCUT2D eigenvalue weighted by molar-refractivity contribution is 9.10. The highest BCUT2D eigenvalue weighted by Crippen LogP contribution is 2.17. The Bertz CT molecular complexity index is 592. The Morgan fingerprint density at radius 2 is 1.75 bits per heavy atom. The minimum Gasteiger partial charge on any atom is -0.423 e. The van der Waals surface area contributed by atoms with E-state index in [1.54, 1.807) is 0 Å². The van der Waals surface area contributed by atoms with Gasteiger partial charge in [-0.1, -0.05) is 46.3 Å². The van der Waals surface area contributed by atoms with Gasteiger partial charge in [0.05, 0.1) is 13.2 Å². The highest BCUT2D eigenvalue weighted by atomic mass is 79.9. The highest BCUT2D eigenvalue weighted by Gasteiger charge is 2.13. The van der Waals surface area contributed by atoms with Crippen molar-refractivity contribution in [2.45, 2.75) is 13.2 Å². The van der Waals surface area contributed by atoms with Gasteiger partial charge in [0.15, 0.2) is 0 Å². The van der Waals surface area contributed by atoms with Crippen LogP contribution in [0.25, 0.3) is 0 Å². The van der Waals surface area contributed by atoms with E-state index in [9.17, 15) is 4.39 Å². The quantitative estimate of drug-likeness (QED) is 0.820. The van der Waals surface area contributed by atoms with Crippen molar-refractivity contribution in [1.82, 2.24) is 0 Å². The first-order chi connectivity index (χ1) is 9.58. The van der Waals surface area contributed by atoms with Crippen LogP contribution in [-0.4, -0.2) is 17.2 Å². The summed E-state index contributed by atoms with van der Waals surface area (Å²) in [7, 11) is -1.67. The van der Waals surface area contributed by atoms with Crippen LogP contribution in [0.3, 0.4) is 0 Å². The smallest absolute Gasteiger partial charge is 0.423 e. The number of hydrogen-bond acceptors (Lipinski definition) is 3. The van der Waals surface area contributed by atoms with E-state index in [1.807, 2.05) is 24.3 Å². The maximum Gasteiger partial charge on any atom is 0.488 e. The monoisotopic (exact) mass is 338 g/mol. The molecule has 2 aromatic rings. The SMILES string of the molecule is OB(O)c1ccc(COCc2ccccc2Br)c(F)c1. The summed E-state index contributed by atoms with van der Waals surface area (Å²) in [6.45, 7) is 0.486. The molecule has 0 saturated carbocycles. The second kappa shape index (κ2) is 6.99. The van der Waals surface area contributed by atoms with Gasteiger partial charge in [-0.25, -0.2) is 4.39 Å². The van der Waals surface area contributed by atoms with E-state index >= 15 is 0 Å². The summed E-state index contributed by atoms with van der Waals surface area (Å²) >= 11 is 3.41.